The third-order valence-corrected chi connectivity index (χ3v) is 4.18. The van der Waals surface area contributed by atoms with Crippen LogP contribution in [-0.2, 0) is 20.7 Å². The normalized spacial score (nSPS) is 13.4. The number of amides is 1. The van der Waals surface area contributed by atoms with Gasteiger partial charge in [-0.1, -0.05) is 18.2 Å². The van der Waals surface area contributed by atoms with Gasteiger partial charge in [0.05, 0.1) is 0 Å². The van der Waals surface area contributed by atoms with Crippen LogP contribution in [0.5, 0.6) is 0 Å². The van der Waals surface area contributed by atoms with Crippen molar-refractivity contribution in [2.75, 3.05) is 18.1 Å². The molecule has 0 bridgehead atoms. The molecule has 2 aromatic rings. The lowest BCUT2D eigenvalue weighted by molar-refractivity contribution is -0.142. The highest BCUT2D eigenvalue weighted by molar-refractivity contribution is 7.08. The average molecular weight is 313 g/mol. The zero-order valence-electron chi connectivity index (χ0n) is 11.9. The topological polar surface area (TPSA) is 46.6 Å². The largest absolute Gasteiger partial charge is 0.452 e. The van der Waals surface area contributed by atoms with Crippen molar-refractivity contribution in [1.82, 2.24) is 0 Å². The standard InChI is InChI=1S/C17H15NO3S/c19-16(18-9-7-14-3-1-2-4-15(14)18)11-21-17(20)6-5-13-8-10-22-12-13/h1-6,8,10,12H,7,9,11H2/b6-5+. The summed E-state index contributed by atoms with van der Waals surface area (Å²) in [7, 11) is 0. The van der Waals surface area contributed by atoms with Crippen LogP contribution >= 0.6 is 11.3 Å². The molecule has 1 aromatic heterocycles. The summed E-state index contributed by atoms with van der Waals surface area (Å²) in [6.07, 6.45) is 3.86. The molecule has 1 aliphatic heterocycles. The Hall–Kier alpha value is -2.40. The van der Waals surface area contributed by atoms with Gasteiger partial charge >= 0.3 is 5.97 Å². The van der Waals surface area contributed by atoms with Crippen molar-refractivity contribution < 1.29 is 14.3 Å². The molecule has 2 heterocycles. The Morgan fingerprint density at radius 3 is 2.95 bits per heavy atom. The smallest absolute Gasteiger partial charge is 0.331 e. The molecule has 0 spiro atoms. The summed E-state index contributed by atoms with van der Waals surface area (Å²) in [4.78, 5) is 25.5. The number of rotatable bonds is 4. The van der Waals surface area contributed by atoms with E-state index in [-0.39, 0.29) is 12.5 Å². The van der Waals surface area contributed by atoms with Crippen LogP contribution in [0.4, 0.5) is 5.69 Å². The highest BCUT2D eigenvalue weighted by atomic mass is 32.1. The van der Waals surface area contributed by atoms with E-state index in [4.69, 9.17) is 4.74 Å². The van der Waals surface area contributed by atoms with E-state index in [1.54, 1.807) is 22.3 Å². The minimum Gasteiger partial charge on any atom is -0.452 e. The van der Waals surface area contributed by atoms with Crippen molar-refractivity contribution >= 4 is 35.0 Å². The SMILES string of the molecule is O=C(/C=C/c1ccsc1)OCC(=O)N1CCc2ccccc21. The van der Waals surface area contributed by atoms with Gasteiger partial charge in [0, 0.05) is 18.3 Å². The van der Waals surface area contributed by atoms with Crippen molar-refractivity contribution in [1.29, 1.82) is 0 Å². The van der Waals surface area contributed by atoms with Crippen molar-refractivity contribution in [3.8, 4) is 0 Å². The number of thiophene rings is 1. The maximum absolute atomic E-state index is 12.2. The summed E-state index contributed by atoms with van der Waals surface area (Å²) in [6, 6.07) is 9.69. The first kappa shape index (κ1) is 14.5. The lowest BCUT2D eigenvalue weighted by Crippen LogP contribution is -2.33. The Morgan fingerprint density at radius 2 is 2.14 bits per heavy atom. The van der Waals surface area contributed by atoms with E-state index in [1.165, 1.54) is 6.08 Å². The van der Waals surface area contributed by atoms with Gasteiger partial charge in [0.25, 0.3) is 5.91 Å². The first-order chi connectivity index (χ1) is 10.7. The number of carbonyl (C=O) groups excluding carboxylic acids is 2. The van der Waals surface area contributed by atoms with E-state index in [0.29, 0.717) is 6.54 Å². The van der Waals surface area contributed by atoms with Crippen LogP contribution < -0.4 is 4.90 Å². The Balaban J connectivity index is 1.54. The van der Waals surface area contributed by atoms with Crippen LogP contribution in [0, 0.1) is 0 Å². The second-order valence-electron chi connectivity index (χ2n) is 4.92. The molecule has 1 aromatic carbocycles. The number of carbonyl (C=O) groups is 2. The second-order valence-corrected chi connectivity index (χ2v) is 5.70. The summed E-state index contributed by atoms with van der Waals surface area (Å²) >= 11 is 1.56. The van der Waals surface area contributed by atoms with Crippen molar-refractivity contribution in [3.05, 3.63) is 58.3 Å². The Bertz CT molecular complexity index is 706. The maximum atomic E-state index is 12.2. The summed E-state index contributed by atoms with van der Waals surface area (Å²) in [5, 5.41) is 3.86. The van der Waals surface area contributed by atoms with Crippen LogP contribution in [0.1, 0.15) is 11.1 Å². The van der Waals surface area contributed by atoms with Crippen LogP contribution in [0.15, 0.2) is 47.2 Å². The number of esters is 1. The average Bonchev–Trinajstić information content (AvgIpc) is 3.19. The van der Waals surface area contributed by atoms with E-state index in [0.717, 1.165) is 23.2 Å². The molecule has 1 aliphatic rings. The van der Waals surface area contributed by atoms with Gasteiger partial charge in [-0.15, -0.1) is 0 Å². The molecule has 112 valence electrons. The molecule has 3 rings (SSSR count). The summed E-state index contributed by atoms with van der Waals surface area (Å²) in [5.41, 5.74) is 3.01. The van der Waals surface area contributed by atoms with Crippen LogP contribution in [-0.4, -0.2) is 25.0 Å². The maximum Gasteiger partial charge on any atom is 0.331 e. The first-order valence-corrected chi connectivity index (χ1v) is 7.93. The molecule has 0 radical (unpaired) electrons. The van der Waals surface area contributed by atoms with E-state index in [9.17, 15) is 9.59 Å². The lowest BCUT2D eigenvalue weighted by Gasteiger charge is -2.16. The fraction of sp³-hybridized carbons (Fsp3) is 0.176. The lowest BCUT2D eigenvalue weighted by atomic mass is 10.2. The van der Waals surface area contributed by atoms with E-state index in [2.05, 4.69) is 0 Å². The molecular weight excluding hydrogens is 298 g/mol. The number of benzene rings is 1. The molecule has 5 heteroatoms. The number of ether oxygens (including phenoxy) is 1. The number of hydrogen-bond donors (Lipinski definition) is 0. The molecule has 0 atom stereocenters. The van der Waals surface area contributed by atoms with Gasteiger partial charge in [0.1, 0.15) is 0 Å². The van der Waals surface area contributed by atoms with Crippen molar-refractivity contribution in [2.45, 2.75) is 6.42 Å². The quantitative estimate of drug-likeness (QED) is 0.644. The van der Waals surface area contributed by atoms with Gasteiger partial charge in [-0.25, -0.2) is 4.79 Å². The number of nitrogens with zero attached hydrogens (tertiary/aromatic N) is 1. The first-order valence-electron chi connectivity index (χ1n) is 6.99. The zero-order valence-corrected chi connectivity index (χ0v) is 12.7. The fourth-order valence-corrected chi connectivity index (χ4v) is 3.02. The molecule has 22 heavy (non-hydrogen) atoms. The number of hydrogen-bond acceptors (Lipinski definition) is 4. The molecule has 0 N–H and O–H groups in total. The highest BCUT2D eigenvalue weighted by Gasteiger charge is 2.24. The molecule has 0 aliphatic carbocycles. The fourth-order valence-electron chi connectivity index (χ4n) is 2.39. The van der Waals surface area contributed by atoms with Gasteiger partial charge in [0.15, 0.2) is 6.61 Å². The molecule has 0 saturated carbocycles. The number of para-hydroxylation sites is 1. The van der Waals surface area contributed by atoms with E-state index >= 15 is 0 Å². The Kier molecular flexibility index (Phi) is 4.34. The Labute approximate surface area is 132 Å². The molecule has 0 unspecified atom stereocenters. The minimum atomic E-state index is -0.507. The van der Waals surface area contributed by atoms with Gasteiger partial charge in [-0.3, -0.25) is 4.79 Å². The van der Waals surface area contributed by atoms with Crippen LogP contribution in [0.3, 0.4) is 0 Å². The van der Waals surface area contributed by atoms with Crippen LogP contribution in [0.2, 0.25) is 0 Å². The number of fused-ring (bicyclic) bond motifs is 1. The molecular formula is C17H15NO3S. The second kappa shape index (κ2) is 6.58. The molecule has 1 amide bonds. The van der Waals surface area contributed by atoms with E-state index < -0.39 is 5.97 Å². The van der Waals surface area contributed by atoms with Crippen LogP contribution in [0.25, 0.3) is 6.08 Å². The highest BCUT2D eigenvalue weighted by Crippen LogP contribution is 2.27. The predicted octanol–water partition coefficient (Wildman–Crippen LogP) is 2.89. The summed E-state index contributed by atoms with van der Waals surface area (Å²) < 4.78 is 5.02. The molecule has 0 fully saturated rings. The monoisotopic (exact) mass is 313 g/mol. The summed E-state index contributed by atoms with van der Waals surface area (Å²) in [6.45, 7) is 0.404. The zero-order chi connectivity index (χ0) is 15.4. The van der Waals surface area contributed by atoms with Gasteiger partial charge < -0.3 is 9.64 Å². The number of anilines is 1. The van der Waals surface area contributed by atoms with Gasteiger partial charge in [0.2, 0.25) is 0 Å². The predicted molar refractivity (Wildman–Crippen MR) is 86.8 cm³/mol. The third-order valence-electron chi connectivity index (χ3n) is 3.48. The van der Waals surface area contributed by atoms with Gasteiger partial charge in [-0.2, -0.15) is 11.3 Å². The molecule has 0 saturated heterocycles. The third kappa shape index (κ3) is 3.26. The molecule has 4 nitrogen and oxygen atoms in total. The van der Waals surface area contributed by atoms with E-state index in [1.807, 2.05) is 41.1 Å². The van der Waals surface area contributed by atoms with Crippen molar-refractivity contribution in [3.63, 3.8) is 0 Å². The van der Waals surface area contributed by atoms with Gasteiger partial charge in [-0.05, 0) is 46.5 Å². The Morgan fingerprint density at radius 1 is 1.27 bits per heavy atom. The van der Waals surface area contributed by atoms with Crippen molar-refractivity contribution in [2.24, 2.45) is 0 Å². The summed E-state index contributed by atoms with van der Waals surface area (Å²) in [5.74, 6) is -0.700. The minimum absolute atomic E-state index is 0.192.